The molecule has 0 fully saturated rings. The van der Waals surface area contributed by atoms with Crippen LogP contribution in [0.1, 0.15) is 33.3 Å². The average Bonchev–Trinajstić information content (AvgIpc) is 2.85. The third-order valence-electron chi connectivity index (χ3n) is 2.88. The normalized spacial score (nSPS) is 11.3. The number of hydrogen-bond donors (Lipinski definition) is 1. The fourth-order valence-corrected chi connectivity index (χ4v) is 2.30. The number of ether oxygens (including phenoxy) is 2. The zero-order valence-electron chi connectivity index (χ0n) is 13.6. The van der Waals surface area contributed by atoms with Crippen LogP contribution in [0.2, 0.25) is 5.02 Å². The number of nitrogens with one attached hydrogen (secondary N) is 1. The molecule has 7 heteroatoms. The number of hydrogen-bond acceptors (Lipinski definition) is 4. The molecule has 0 radical (unpaired) electrons. The van der Waals surface area contributed by atoms with Gasteiger partial charge in [0.15, 0.2) is 0 Å². The zero-order chi connectivity index (χ0) is 17.2. The highest BCUT2D eigenvalue weighted by Crippen LogP contribution is 2.32. The molecule has 0 aliphatic rings. The van der Waals surface area contributed by atoms with Gasteiger partial charge in [0.1, 0.15) is 11.4 Å². The molecule has 2 heterocycles. The first-order valence-corrected chi connectivity index (χ1v) is 7.58. The number of carbonyl (C=O) groups excluding carboxylic acids is 1. The molecule has 1 amide bonds. The summed E-state index contributed by atoms with van der Waals surface area (Å²) in [4.78, 5) is 11.9. The van der Waals surface area contributed by atoms with E-state index in [0.717, 1.165) is 0 Å². The number of fused-ring (bicyclic) bond motifs is 1. The molecule has 0 aromatic carbocycles. The average molecular weight is 338 g/mol. The standard InChI is InChI=1S/C16H20ClN3O3/c1-6-22-10(2)11-9-18-20-8-7-12(13(17)14(11)20)19-15(21)23-16(3,4)5/h7-9H,2,6H2,1,3-5H3,(H,19,21). The molecule has 2 aromatic heterocycles. The Hall–Kier alpha value is -2.21. The van der Waals surface area contributed by atoms with E-state index in [1.807, 2.05) is 6.92 Å². The van der Waals surface area contributed by atoms with Crippen LogP contribution in [-0.4, -0.2) is 27.9 Å². The molecule has 0 aliphatic heterocycles. The summed E-state index contributed by atoms with van der Waals surface area (Å²) in [5.41, 5.74) is 1.12. The highest BCUT2D eigenvalue weighted by Gasteiger charge is 2.19. The maximum atomic E-state index is 11.9. The number of amides is 1. The van der Waals surface area contributed by atoms with Gasteiger partial charge in [-0.3, -0.25) is 5.32 Å². The minimum atomic E-state index is -0.592. The number of rotatable bonds is 4. The van der Waals surface area contributed by atoms with Crippen LogP contribution in [0.25, 0.3) is 11.3 Å². The van der Waals surface area contributed by atoms with E-state index in [1.165, 1.54) is 0 Å². The predicted molar refractivity (Wildman–Crippen MR) is 90.7 cm³/mol. The van der Waals surface area contributed by atoms with Crippen molar-refractivity contribution in [2.45, 2.75) is 33.3 Å². The van der Waals surface area contributed by atoms with E-state index >= 15 is 0 Å². The second-order valence-electron chi connectivity index (χ2n) is 5.88. The van der Waals surface area contributed by atoms with E-state index in [0.29, 0.717) is 34.2 Å². The molecule has 1 N–H and O–H groups in total. The summed E-state index contributed by atoms with van der Waals surface area (Å²) in [7, 11) is 0. The topological polar surface area (TPSA) is 64.9 Å². The summed E-state index contributed by atoms with van der Waals surface area (Å²) in [6, 6.07) is 1.65. The number of anilines is 1. The van der Waals surface area contributed by atoms with Gasteiger partial charge in [-0.2, -0.15) is 5.10 Å². The molecule has 0 bridgehead atoms. The van der Waals surface area contributed by atoms with E-state index in [9.17, 15) is 4.79 Å². The van der Waals surface area contributed by atoms with Crippen molar-refractivity contribution in [1.82, 2.24) is 9.61 Å². The molecular weight excluding hydrogens is 318 g/mol. The Kier molecular flexibility index (Phi) is 4.85. The van der Waals surface area contributed by atoms with Crippen LogP contribution in [0.15, 0.2) is 25.0 Å². The van der Waals surface area contributed by atoms with Crippen LogP contribution in [0.4, 0.5) is 10.5 Å². The lowest BCUT2D eigenvalue weighted by molar-refractivity contribution is 0.0636. The molecule has 0 spiro atoms. The smallest absolute Gasteiger partial charge is 0.412 e. The number of nitrogens with zero attached hydrogens (tertiary/aromatic N) is 2. The summed E-state index contributed by atoms with van der Waals surface area (Å²) in [5, 5.41) is 7.19. The van der Waals surface area contributed by atoms with Gasteiger partial charge in [0.05, 0.1) is 34.6 Å². The molecule has 2 rings (SSSR count). The van der Waals surface area contributed by atoms with Crippen molar-refractivity contribution in [2.75, 3.05) is 11.9 Å². The number of carbonyl (C=O) groups is 1. The SMILES string of the molecule is C=C(OCC)c1cnn2ccc(NC(=O)OC(C)(C)C)c(Cl)c12. The van der Waals surface area contributed by atoms with Crippen LogP contribution in [0.5, 0.6) is 0 Å². The van der Waals surface area contributed by atoms with Gasteiger partial charge in [0, 0.05) is 6.20 Å². The Morgan fingerprint density at radius 2 is 2.17 bits per heavy atom. The van der Waals surface area contributed by atoms with Crippen LogP contribution in [-0.2, 0) is 9.47 Å². The lowest BCUT2D eigenvalue weighted by atomic mass is 10.2. The number of halogens is 1. The molecule has 0 saturated heterocycles. The van der Waals surface area contributed by atoms with Gasteiger partial charge in [-0.05, 0) is 33.8 Å². The summed E-state index contributed by atoms with van der Waals surface area (Å²) in [6.07, 6.45) is 2.74. The van der Waals surface area contributed by atoms with Crippen molar-refractivity contribution in [2.24, 2.45) is 0 Å². The highest BCUT2D eigenvalue weighted by molar-refractivity contribution is 6.37. The van der Waals surface area contributed by atoms with Crippen molar-refractivity contribution in [3.63, 3.8) is 0 Å². The first-order valence-electron chi connectivity index (χ1n) is 7.21. The molecule has 23 heavy (non-hydrogen) atoms. The van der Waals surface area contributed by atoms with Gasteiger partial charge in [0.2, 0.25) is 0 Å². The molecule has 0 atom stereocenters. The van der Waals surface area contributed by atoms with Crippen molar-refractivity contribution in [3.8, 4) is 0 Å². The van der Waals surface area contributed by atoms with Crippen LogP contribution >= 0.6 is 11.6 Å². The molecular formula is C16H20ClN3O3. The van der Waals surface area contributed by atoms with E-state index in [-0.39, 0.29) is 0 Å². The molecule has 0 unspecified atom stereocenters. The van der Waals surface area contributed by atoms with E-state index < -0.39 is 11.7 Å². The second-order valence-corrected chi connectivity index (χ2v) is 6.26. The zero-order valence-corrected chi connectivity index (χ0v) is 14.4. The number of pyridine rings is 1. The Labute approximate surface area is 140 Å². The van der Waals surface area contributed by atoms with Crippen LogP contribution in [0, 0.1) is 0 Å². The van der Waals surface area contributed by atoms with E-state index in [1.54, 1.807) is 43.7 Å². The maximum absolute atomic E-state index is 11.9. The van der Waals surface area contributed by atoms with Gasteiger partial charge in [-0.25, -0.2) is 9.31 Å². The highest BCUT2D eigenvalue weighted by atomic mass is 35.5. The summed E-state index contributed by atoms with van der Waals surface area (Å²) < 4.78 is 12.3. The summed E-state index contributed by atoms with van der Waals surface area (Å²) in [6.45, 7) is 11.6. The summed E-state index contributed by atoms with van der Waals surface area (Å²) >= 11 is 6.42. The lowest BCUT2D eigenvalue weighted by Gasteiger charge is -2.20. The lowest BCUT2D eigenvalue weighted by Crippen LogP contribution is -2.27. The quantitative estimate of drug-likeness (QED) is 0.843. The molecule has 124 valence electrons. The second kappa shape index (κ2) is 6.50. The van der Waals surface area contributed by atoms with E-state index in [4.69, 9.17) is 21.1 Å². The largest absolute Gasteiger partial charge is 0.494 e. The monoisotopic (exact) mass is 337 g/mol. The van der Waals surface area contributed by atoms with Crippen molar-refractivity contribution in [3.05, 3.63) is 35.6 Å². The maximum Gasteiger partial charge on any atom is 0.412 e. The Morgan fingerprint density at radius 3 is 2.78 bits per heavy atom. The third kappa shape index (κ3) is 3.96. The Morgan fingerprint density at radius 1 is 1.48 bits per heavy atom. The van der Waals surface area contributed by atoms with Gasteiger partial charge < -0.3 is 9.47 Å². The summed E-state index contributed by atoms with van der Waals surface area (Å²) in [5.74, 6) is 0.471. The molecule has 2 aromatic rings. The molecule has 6 nitrogen and oxygen atoms in total. The Bertz CT molecular complexity index is 747. The van der Waals surface area contributed by atoms with Gasteiger partial charge in [-0.15, -0.1) is 0 Å². The first kappa shape index (κ1) is 17.1. The number of aromatic nitrogens is 2. The molecule has 0 saturated carbocycles. The fraction of sp³-hybridized carbons (Fsp3) is 0.375. The van der Waals surface area contributed by atoms with Gasteiger partial charge in [-0.1, -0.05) is 18.2 Å². The van der Waals surface area contributed by atoms with Crippen LogP contribution < -0.4 is 5.32 Å². The Balaban J connectivity index is 2.36. The minimum absolute atomic E-state index is 0.340. The van der Waals surface area contributed by atoms with E-state index in [2.05, 4.69) is 17.0 Å². The van der Waals surface area contributed by atoms with Crippen LogP contribution in [0.3, 0.4) is 0 Å². The van der Waals surface area contributed by atoms with Crippen molar-refractivity contribution < 1.29 is 14.3 Å². The first-order chi connectivity index (χ1) is 10.7. The van der Waals surface area contributed by atoms with Gasteiger partial charge >= 0.3 is 6.09 Å². The predicted octanol–water partition coefficient (Wildman–Crippen LogP) is 4.34. The molecule has 0 aliphatic carbocycles. The van der Waals surface area contributed by atoms with Crippen molar-refractivity contribution >= 4 is 34.7 Å². The minimum Gasteiger partial charge on any atom is -0.494 e. The third-order valence-corrected chi connectivity index (χ3v) is 3.26. The van der Waals surface area contributed by atoms with Gasteiger partial charge in [0.25, 0.3) is 0 Å². The van der Waals surface area contributed by atoms with Crippen molar-refractivity contribution in [1.29, 1.82) is 0 Å². The fourth-order valence-electron chi connectivity index (χ4n) is 2.01.